The largest absolute Gasteiger partial charge is 0.359 e. The SMILES string of the molecule is CCN(CC)C(C)c1c(C)[nH]c(/C=C2\C=NN(C3CC3)C2=O)c1C. The molecule has 1 aromatic rings. The van der Waals surface area contributed by atoms with E-state index in [0.29, 0.717) is 17.7 Å². The molecule has 1 atom stereocenters. The van der Waals surface area contributed by atoms with Gasteiger partial charge in [0.2, 0.25) is 0 Å². The molecule has 1 aromatic heterocycles. The van der Waals surface area contributed by atoms with Crippen LogP contribution in [0.4, 0.5) is 0 Å². The van der Waals surface area contributed by atoms with Crippen LogP contribution in [0.25, 0.3) is 6.08 Å². The molecule has 2 heterocycles. The van der Waals surface area contributed by atoms with Gasteiger partial charge in [-0.3, -0.25) is 9.69 Å². The molecule has 5 nitrogen and oxygen atoms in total. The number of hydrogen-bond acceptors (Lipinski definition) is 3. The number of H-pyrrole nitrogens is 1. The van der Waals surface area contributed by atoms with Gasteiger partial charge < -0.3 is 4.98 Å². The summed E-state index contributed by atoms with van der Waals surface area (Å²) in [6.45, 7) is 13.0. The number of aromatic amines is 1. The van der Waals surface area contributed by atoms with E-state index in [0.717, 1.165) is 31.6 Å². The van der Waals surface area contributed by atoms with Gasteiger partial charge in [-0.05, 0) is 63.9 Å². The molecule has 1 aliphatic carbocycles. The summed E-state index contributed by atoms with van der Waals surface area (Å²) in [7, 11) is 0. The predicted octanol–water partition coefficient (Wildman–Crippen LogP) is 3.41. The molecule has 1 N–H and O–H groups in total. The molecule has 1 unspecified atom stereocenters. The number of nitrogens with one attached hydrogen (secondary N) is 1. The molecule has 130 valence electrons. The zero-order chi connectivity index (χ0) is 17.4. The van der Waals surface area contributed by atoms with Crippen molar-refractivity contribution in [2.24, 2.45) is 5.10 Å². The highest BCUT2D eigenvalue weighted by molar-refractivity contribution is 6.18. The van der Waals surface area contributed by atoms with Gasteiger partial charge in [0.05, 0.1) is 17.8 Å². The molecule has 1 aliphatic heterocycles. The number of aryl methyl sites for hydroxylation is 1. The summed E-state index contributed by atoms with van der Waals surface area (Å²) in [6, 6.07) is 0.684. The Morgan fingerprint density at radius 2 is 2.04 bits per heavy atom. The fourth-order valence-electron chi connectivity index (χ4n) is 3.71. The van der Waals surface area contributed by atoms with E-state index in [1.807, 2.05) is 6.08 Å². The Morgan fingerprint density at radius 1 is 1.38 bits per heavy atom. The molecule has 2 aliphatic rings. The third kappa shape index (κ3) is 2.93. The van der Waals surface area contributed by atoms with Crippen LogP contribution in [0, 0.1) is 13.8 Å². The van der Waals surface area contributed by atoms with Crippen LogP contribution in [0.15, 0.2) is 10.7 Å². The summed E-state index contributed by atoms with van der Waals surface area (Å²) >= 11 is 0. The lowest BCUT2D eigenvalue weighted by Gasteiger charge is -2.27. The first-order chi connectivity index (χ1) is 11.5. The molecule has 1 fully saturated rings. The molecule has 1 saturated carbocycles. The third-order valence-corrected chi connectivity index (χ3v) is 5.28. The van der Waals surface area contributed by atoms with E-state index in [-0.39, 0.29) is 5.91 Å². The van der Waals surface area contributed by atoms with E-state index in [2.05, 4.69) is 49.6 Å². The van der Waals surface area contributed by atoms with Gasteiger partial charge in [0, 0.05) is 17.4 Å². The fraction of sp³-hybridized carbons (Fsp3) is 0.579. The van der Waals surface area contributed by atoms with E-state index in [4.69, 9.17) is 0 Å². The van der Waals surface area contributed by atoms with E-state index in [1.165, 1.54) is 16.8 Å². The first kappa shape index (κ1) is 17.0. The molecule has 0 radical (unpaired) electrons. The second-order valence-electron chi connectivity index (χ2n) is 6.82. The van der Waals surface area contributed by atoms with Gasteiger partial charge in [0.1, 0.15) is 0 Å². The number of amides is 1. The molecular formula is C19H28N4O. The van der Waals surface area contributed by atoms with Crippen molar-refractivity contribution in [3.05, 3.63) is 28.1 Å². The highest BCUT2D eigenvalue weighted by Gasteiger charge is 2.36. The number of carbonyl (C=O) groups is 1. The van der Waals surface area contributed by atoms with Crippen LogP contribution in [-0.4, -0.2) is 46.1 Å². The second kappa shape index (κ2) is 6.55. The maximum Gasteiger partial charge on any atom is 0.275 e. The lowest BCUT2D eigenvalue weighted by molar-refractivity contribution is -0.126. The van der Waals surface area contributed by atoms with E-state index < -0.39 is 0 Å². The van der Waals surface area contributed by atoms with Crippen molar-refractivity contribution in [2.75, 3.05) is 13.1 Å². The predicted molar refractivity (Wildman–Crippen MR) is 97.9 cm³/mol. The number of rotatable bonds is 6. The Labute approximate surface area is 144 Å². The fourth-order valence-corrected chi connectivity index (χ4v) is 3.71. The van der Waals surface area contributed by atoms with Crippen molar-refractivity contribution in [3.63, 3.8) is 0 Å². The Bertz CT molecular complexity index is 692. The zero-order valence-electron chi connectivity index (χ0n) is 15.4. The summed E-state index contributed by atoms with van der Waals surface area (Å²) in [5.74, 6) is 0.0301. The molecule has 5 heteroatoms. The van der Waals surface area contributed by atoms with Gasteiger partial charge >= 0.3 is 0 Å². The van der Waals surface area contributed by atoms with Crippen LogP contribution in [0.5, 0.6) is 0 Å². The van der Waals surface area contributed by atoms with Crippen molar-refractivity contribution in [3.8, 4) is 0 Å². The van der Waals surface area contributed by atoms with Crippen LogP contribution in [-0.2, 0) is 4.79 Å². The summed E-state index contributed by atoms with van der Waals surface area (Å²) < 4.78 is 0. The van der Waals surface area contributed by atoms with E-state index in [1.54, 1.807) is 11.2 Å². The lowest BCUT2D eigenvalue weighted by atomic mass is 10.0. The molecule has 0 aromatic carbocycles. The topological polar surface area (TPSA) is 51.7 Å². The monoisotopic (exact) mass is 328 g/mol. The summed E-state index contributed by atoms with van der Waals surface area (Å²) in [5, 5.41) is 5.91. The summed E-state index contributed by atoms with van der Waals surface area (Å²) in [4.78, 5) is 18.3. The minimum absolute atomic E-state index is 0.0301. The number of carbonyl (C=O) groups excluding carboxylic acids is 1. The molecule has 0 saturated heterocycles. The maximum atomic E-state index is 12.4. The molecule has 24 heavy (non-hydrogen) atoms. The quantitative estimate of drug-likeness (QED) is 0.814. The highest BCUT2D eigenvalue weighted by Crippen LogP contribution is 2.32. The van der Waals surface area contributed by atoms with Gasteiger partial charge in [-0.25, -0.2) is 5.01 Å². The normalized spacial score (nSPS) is 20.7. The number of hydrazone groups is 1. The number of nitrogens with zero attached hydrogens (tertiary/aromatic N) is 3. The second-order valence-corrected chi connectivity index (χ2v) is 6.82. The van der Waals surface area contributed by atoms with Crippen LogP contribution >= 0.6 is 0 Å². The Morgan fingerprint density at radius 3 is 2.62 bits per heavy atom. The van der Waals surface area contributed by atoms with Crippen molar-refractivity contribution < 1.29 is 4.79 Å². The van der Waals surface area contributed by atoms with Gasteiger partial charge in [0.15, 0.2) is 0 Å². The van der Waals surface area contributed by atoms with Crippen molar-refractivity contribution in [2.45, 2.75) is 59.5 Å². The van der Waals surface area contributed by atoms with Gasteiger partial charge in [-0.2, -0.15) is 5.10 Å². The third-order valence-electron chi connectivity index (χ3n) is 5.28. The number of aromatic nitrogens is 1. The van der Waals surface area contributed by atoms with Crippen LogP contribution < -0.4 is 0 Å². The Balaban J connectivity index is 1.88. The molecule has 0 spiro atoms. The smallest absolute Gasteiger partial charge is 0.275 e. The summed E-state index contributed by atoms with van der Waals surface area (Å²) in [6.07, 6.45) is 5.80. The minimum Gasteiger partial charge on any atom is -0.359 e. The average Bonchev–Trinajstić information content (AvgIpc) is 3.27. The van der Waals surface area contributed by atoms with Gasteiger partial charge in [-0.15, -0.1) is 0 Å². The first-order valence-electron chi connectivity index (χ1n) is 9.00. The van der Waals surface area contributed by atoms with E-state index >= 15 is 0 Å². The Hall–Kier alpha value is -1.88. The molecule has 0 bridgehead atoms. The lowest BCUT2D eigenvalue weighted by Crippen LogP contribution is -2.27. The van der Waals surface area contributed by atoms with Crippen molar-refractivity contribution in [1.82, 2.24) is 14.9 Å². The zero-order valence-corrected chi connectivity index (χ0v) is 15.4. The minimum atomic E-state index is 0.0301. The van der Waals surface area contributed by atoms with Gasteiger partial charge in [0.25, 0.3) is 5.91 Å². The average molecular weight is 328 g/mol. The van der Waals surface area contributed by atoms with Crippen molar-refractivity contribution in [1.29, 1.82) is 0 Å². The highest BCUT2D eigenvalue weighted by atomic mass is 16.2. The van der Waals surface area contributed by atoms with Gasteiger partial charge in [-0.1, -0.05) is 13.8 Å². The van der Waals surface area contributed by atoms with Crippen molar-refractivity contribution >= 4 is 18.2 Å². The summed E-state index contributed by atoms with van der Waals surface area (Å²) in [5.41, 5.74) is 5.44. The maximum absolute atomic E-state index is 12.4. The number of hydrogen-bond donors (Lipinski definition) is 1. The molecule has 1 amide bonds. The standard InChI is InChI=1S/C19H28N4O/c1-6-22(7-2)14(5)18-12(3)17(21-13(18)4)10-15-11-20-23(19(15)24)16-8-9-16/h10-11,14,16,21H,6-9H2,1-5H3/b15-10+. The molecule has 3 rings (SSSR count). The first-order valence-corrected chi connectivity index (χ1v) is 9.00. The Kier molecular flexibility index (Phi) is 4.63. The molecular weight excluding hydrogens is 300 g/mol. The van der Waals surface area contributed by atoms with Crippen LogP contribution in [0.2, 0.25) is 0 Å². The van der Waals surface area contributed by atoms with Crippen LogP contribution in [0.1, 0.15) is 62.2 Å². The van der Waals surface area contributed by atoms with E-state index in [9.17, 15) is 4.79 Å². The van der Waals surface area contributed by atoms with Crippen LogP contribution in [0.3, 0.4) is 0 Å².